The summed E-state index contributed by atoms with van der Waals surface area (Å²) < 4.78 is 5.28. The maximum Gasteiger partial charge on any atom is 0.228 e. The van der Waals surface area contributed by atoms with E-state index in [1.54, 1.807) is 30.5 Å². The first-order valence-electron chi connectivity index (χ1n) is 5.88. The van der Waals surface area contributed by atoms with Crippen LogP contribution >= 0.6 is 0 Å². The van der Waals surface area contributed by atoms with Gasteiger partial charge in [-0.1, -0.05) is 12.1 Å². The van der Waals surface area contributed by atoms with Gasteiger partial charge < -0.3 is 14.8 Å². The van der Waals surface area contributed by atoms with Crippen LogP contribution < -0.4 is 5.32 Å². The molecule has 0 aliphatic heterocycles. The van der Waals surface area contributed by atoms with Gasteiger partial charge in [-0.05, 0) is 30.7 Å². The Balaban J connectivity index is 1.66. The second-order valence-electron chi connectivity index (χ2n) is 4.47. The molecule has 0 bridgehead atoms. The second-order valence-corrected chi connectivity index (χ2v) is 4.47. The number of rotatable bonds is 3. The summed E-state index contributed by atoms with van der Waals surface area (Å²) in [6.07, 6.45) is 2.42. The molecule has 2 unspecified atom stereocenters. The van der Waals surface area contributed by atoms with Gasteiger partial charge in [0, 0.05) is 11.8 Å². The molecule has 1 aliphatic rings. The van der Waals surface area contributed by atoms with E-state index >= 15 is 0 Å². The normalized spacial score (nSPS) is 21.6. The maximum atomic E-state index is 12.0. The number of benzene rings is 1. The van der Waals surface area contributed by atoms with Crippen molar-refractivity contribution in [3.63, 3.8) is 0 Å². The van der Waals surface area contributed by atoms with Crippen LogP contribution in [0.1, 0.15) is 18.1 Å². The number of phenols is 1. The zero-order valence-corrected chi connectivity index (χ0v) is 9.67. The summed E-state index contributed by atoms with van der Waals surface area (Å²) in [6.45, 7) is 0. The van der Waals surface area contributed by atoms with Crippen LogP contribution in [0.3, 0.4) is 0 Å². The number of para-hydroxylation sites is 2. The second kappa shape index (κ2) is 4.22. The van der Waals surface area contributed by atoms with E-state index in [2.05, 4.69) is 5.32 Å². The van der Waals surface area contributed by atoms with E-state index in [9.17, 15) is 9.90 Å². The first-order valence-corrected chi connectivity index (χ1v) is 5.88. The largest absolute Gasteiger partial charge is 0.506 e. The molecule has 1 saturated carbocycles. The summed E-state index contributed by atoms with van der Waals surface area (Å²) in [5, 5.41) is 12.3. The van der Waals surface area contributed by atoms with E-state index in [4.69, 9.17) is 4.42 Å². The minimum absolute atomic E-state index is 0.0595. The summed E-state index contributed by atoms with van der Waals surface area (Å²) >= 11 is 0. The van der Waals surface area contributed by atoms with Crippen LogP contribution in [-0.4, -0.2) is 11.0 Å². The predicted octanol–water partition coefficient (Wildman–Crippen LogP) is 2.73. The van der Waals surface area contributed by atoms with Crippen molar-refractivity contribution in [1.82, 2.24) is 0 Å². The van der Waals surface area contributed by atoms with Gasteiger partial charge in [-0.25, -0.2) is 0 Å². The average Bonchev–Trinajstić information content (AvgIpc) is 2.99. The predicted molar refractivity (Wildman–Crippen MR) is 66.3 cm³/mol. The van der Waals surface area contributed by atoms with Crippen LogP contribution in [0, 0.1) is 5.92 Å². The molecule has 0 saturated heterocycles. The van der Waals surface area contributed by atoms with Crippen LogP contribution in [0.15, 0.2) is 47.1 Å². The van der Waals surface area contributed by atoms with Crippen molar-refractivity contribution in [2.45, 2.75) is 12.3 Å². The molecule has 1 aromatic heterocycles. The summed E-state index contributed by atoms with van der Waals surface area (Å²) in [6, 6.07) is 10.4. The lowest BCUT2D eigenvalue weighted by molar-refractivity contribution is -0.117. The van der Waals surface area contributed by atoms with Crippen LogP contribution in [-0.2, 0) is 4.79 Å². The number of hydrogen-bond donors (Lipinski definition) is 2. The van der Waals surface area contributed by atoms with E-state index in [0.29, 0.717) is 5.69 Å². The van der Waals surface area contributed by atoms with Gasteiger partial charge in [0.1, 0.15) is 11.5 Å². The highest BCUT2D eigenvalue weighted by atomic mass is 16.3. The highest BCUT2D eigenvalue weighted by molar-refractivity contribution is 5.96. The summed E-state index contributed by atoms with van der Waals surface area (Å²) in [4.78, 5) is 12.0. The van der Waals surface area contributed by atoms with Crippen molar-refractivity contribution in [2.75, 3.05) is 5.32 Å². The van der Waals surface area contributed by atoms with E-state index in [1.807, 2.05) is 12.1 Å². The van der Waals surface area contributed by atoms with Crippen LogP contribution in [0.5, 0.6) is 5.75 Å². The standard InChI is InChI=1S/C14H13NO3/c16-12-5-2-1-4-11(12)15-14(17)10-8-9(10)13-6-3-7-18-13/h1-7,9-10,16H,8H2,(H,15,17). The van der Waals surface area contributed by atoms with Crippen molar-refractivity contribution in [1.29, 1.82) is 0 Å². The molecule has 4 nitrogen and oxygen atoms in total. The molecule has 1 amide bonds. The summed E-state index contributed by atoms with van der Waals surface area (Å²) in [7, 11) is 0. The third-order valence-corrected chi connectivity index (χ3v) is 3.20. The molecular weight excluding hydrogens is 230 g/mol. The molecule has 1 fully saturated rings. The molecular formula is C14H13NO3. The molecule has 2 aromatic rings. The zero-order chi connectivity index (χ0) is 12.5. The quantitative estimate of drug-likeness (QED) is 0.815. The van der Waals surface area contributed by atoms with Crippen molar-refractivity contribution in [3.05, 3.63) is 48.4 Å². The van der Waals surface area contributed by atoms with Crippen LogP contribution in [0.2, 0.25) is 0 Å². The number of phenolic OH excluding ortho intramolecular Hbond substituents is 1. The number of anilines is 1. The molecule has 4 heteroatoms. The Morgan fingerprint density at radius 1 is 1.28 bits per heavy atom. The fraction of sp³-hybridized carbons (Fsp3) is 0.214. The van der Waals surface area contributed by atoms with Gasteiger partial charge in [-0.2, -0.15) is 0 Å². The average molecular weight is 243 g/mol. The van der Waals surface area contributed by atoms with Gasteiger partial charge in [-0.15, -0.1) is 0 Å². The number of nitrogens with one attached hydrogen (secondary N) is 1. The first-order chi connectivity index (χ1) is 8.75. The molecule has 2 N–H and O–H groups in total. The fourth-order valence-corrected chi connectivity index (χ4v) is 2.11. The monoisotopic (exact) mass is 243 g/mol. The Bertz CT molecular complexity index is 562. The molecule has 0 spiro atoms. The lowest BCUT2D eigenvalue weighted by Crippen LogP contribution is -2.14. The topological polar surface area (TPSA) is 62.5 Å². The molecule has 1 aromatic carbocycles. The Labute approximate surface area is 104 Å². The third kappa shape index (κ3) is 1.97. The highest BCUT2D eigenvalue weighted by Gasteiger charge is 2.45. The van der Waals surface area contributed by atoms with Crippen molar-refractivity contribution < 1.29 is 14.3 Å². The molecule has 1 heterocycles. The van der Waals surface area contributed by atoms with Crippen molar-refractivity contribution >= 4 is 11.6 Å². The molecule has 2 atom stereocenters. The minimum Gasteiger partial charge on any atom is -0.506 e. The Morgan fingerprint density at radius 3 is 2.83 bits per heavy atom. The Hall–Kier alpha value is -2.23. The van der Waals surface area contributed by atoms with Crippen LogP contribution in [0.25, 0.3) is 0 Å². The highest BCUT2D eigenvalue weighted by Crippen LogP contribution is 2.48. The number of aromatic hydroxyl groups is 1. The molecule has 1 aliphatic carbocycles. The number of hydrogen-bond acceptors (Lipinski definition) is 3. The Morgan fingerprint density at radius 2 is 2.11 bits per heavy atom. The fourth-order valence-electron chi connectivity index (χ4n) is 2.11. The number of furan rings is 1. The summed E-state index contributed by atoms with van der Waals surface area (Å²) in [5.41, 5.74) is 0.451. The van der Waals surface area contributed by atoms with E-state index < -0.39 is 0 Å². The van der Waals surface area contributed by atoms with Crippen molar-refractivity contribution in [3.8, 4) is 5.75 Å². The molecule has 92 valence electrons. The van der Waals surface area contributed by atoms with E-state index in [1.165, 1.54) is 0 Å². The number of carbonyl (C=O) groups excluding carboxylic acids is 1. The first kappa shape index (κ1) is 10.9. The minimum atomic E-state index is -0.0714. The lowest BCUT2D eigenvalue weighted by Gasteiger charge is -2.06. The summed E-state index contributed by atoms with van der Waals surface area (Å²) in [5.74, 6) is 0.980. The Kier molecular flexibility index (Phi) is 2.55. The smallest absolute Gasteiger partial charge is 0.228 e. The SMILES string of the molecule is O=C(Nc1ccccc1O)C1CC1c1ccco1. The zero-order valence-electron chi connectivity index (χ0n) is 9.67. The van der Waals surface area contributed by atoms with Gasteiger partial charge in [-0.3, -0.25) is 4.79 Å². The van der Waals surface area contributed by atoms with Gasteiger partial charge in [0.25, 0.3) is 0 Å². The van der Waals surface area contributed by atoms with E-state index in [0.717, 1.165) is 12.2 Å². The molecule has 3 rings (SSSR count). The number of carbonyl (C=O) groups is 1. The van der Waals surface area contributed by atoms with Gasteiger partial charge in [0.05, 0.1) is 12.0 Å². The number of amides is 1. The lowest BCUT2D eigenvalue weighted by atomic mass is 10.2. The van der Waals surface area contributed by atoms with Gasteiger partial charge >= 0.3 is 0 Å². The van der Waals surface area contributed by atoms with E-state index in [-0.39, 0.29) is 23.5 Å². The third-order valence-electron chi connectivity index (χ3n) is 3.20. The molecule has 0 radical (unpaired) electrons. The van der Waals surface area contributed by atoms with Gasteiger partial charge in [0.2, 0.25) is 5.91 Å². The molecule has 18 heavy (non-hydrogen) atoms. The van der Waals surface area contributed by atoms with Crippen molar-refractivity contribution in [2.24, 2.45) is 5.92 Å². The van der Waals surface area contributed by atoms with Crippen LogP contribution in [0.4, 0.5) is 5.69 Å². The van der Waals surface area contributed by atoms with Gasteiger partial charge in [0.15, 0.2) is 0 Å². The maximum absolute atomic E-state index is 12.0.